The Hall–Kier alpha value is -1.47. The minimum absolute atomic E-state index is 0.0213. The maximum absolute atomic E-state index is 11.3. The fourth-order valence-electron chi connectivity index (χ4n) is 1.30. The van der Waals surface area contributed by atoms with E-state index in [4.69, 9.17) is 5.11 Å². The molecule has 6 nitrogen and oxygen atoms in total. The Balaban J connectivity index is 2.62. The first kappa shape index (κ1) is 13.6. The highest BCUT2D eigenvalue weighted by molar-refractivity contribution is 7.91. The second-order valence-corrected chi connectivity index (χ2v) is 5.85. The van der Waals surface area contributed by atoms with Crippen molar-refractivity contribution in [3.63, 3.8) is 0 Å². The quantitative estimate of drug-likeness (QED) is 0.594. The Morgan fingerprint density at radius 1 is 1.18 bits per heavy atom. The Morgan fingerprint density at radius 2 is 1.76 bits per heavy atom. The average Bonchev–Trinajstić information content (AvgIpc) is 2.27. The fourth-order valence-corrected chi connectivity index (χ4v) is 2.33. The van der Waals surface area contributed by atoms with Crippen LogP contribution in [0.4, 0.5) is 5.69 Å². The fraction of sp³-hybridized carbons (Fsp3) is 0.400. The van der Waals surface area contributed by atoms with Crippen LogP contribution in [-0.2, 0) is 16.3 Å². The van der Waals surface area contributed by atoms with Gasteiger partial charge in [-0.3, -0.25) is 10.1 Å². The van der Waals surface area contributed by atoms with Crippen molar-refractivity contribution in [2.75, 3.05) is 18.1 Å². The highest BCUT2D eigenvalue weighted by Gasteiger charge is 2.10. The Kier molecular flexibility index (Phi) is 4.59. The summed E-state index contributed by atoms with van der Waals surface area (Å²) in [6.07, 6.45) is 0.292. The summed E-state index contributed by atoms with van der Waals surface area (Å²) < 4.78 is 22.6. The van der Waals surface area contributed by atoms with Crippen LogP contribution in [0.1, 0.15) is 5.56 Å². The van der Waals surface area contributed by atoms with Crippen molar-refractivity contribution in [2.45, 2.75) is 6.42 Å². The van der Waals surface area contributed by atoms with Gasteiger partial charge in [0.25, 0.3) is 5.69 Å². The first-order valence-electron chi connectivity index (χ1n) is 4.99. The molecular formula is C10H13NO5S. The Morgan fingerprint density at radius 3 is 2.24 bits per heavy atom. The summed E-state index contributed by atoms with van der Waals surface area (Å²) in [6, 6.07) is 5.75. The van der Waals surface area contributed by atoms with Gasteiger partial charge in [-0.15, -0.1) is 0 Å². The van der Waals surface area contributed by atoms with Crippen molar-refractivity contribution in [1.29, 1.82) is 0 Å². The summed E-state index contributed by atoms with van der Waals surface area (Å²) in [6.45, 7) is -0.386. The molecule has 0 bridgehead atoms. The van der Waals surface area contributed by atoms with E-state index < -0.39 is 14.8 Å². The molecule has 0 unspecified atom stereocenters. The van der Waals surface area contributed by atoms with E-state index in [9.17, 15) is 18.5 Å². The van der Waals surface area contributed by atoms with Crippen molar-refractivity contribution < 1.29 is 18.4 Å². The lowest BCUT2D eigenvalue weighted by molar-refractivity contribution is -0.384. The number of aryl methyl sites for hydroxylation is 1. The van der Waals surface area contributed by atoms with Crippen LogP contribution in [0.25, 0.3) is 0 Å². The van der Waals surface area contributed by atoms with E-state index in [1.165, 1.54) is 24.3 Å². The van der Waals surface area contributed by atoms with Crippen LogP contribution in [-0.4, -0.2) is 36.6 Å². The maximum atomic E-state index is 11.3. The minimum atomic E-state index is -3.24. The third-order valence-electron chi connectivity index (χ3n) is 2.25. The van der Waals surface area contributed by atoms with Gasteiger partial charge in [0, 0.05) is 12.1 Å². The summed E-state index contributed by atoms with van der Waals surface area (Å²) in [7, 11) is -3.24. The van der Waals surface area contributed by atoms with Crippen LogP contribution in [0.5, 0.6) is 0 Å². The third kappa shape index (κ3) is 4.49. The molecule has 1 aromatic carbocycles. The first-order chi connectivity index (χ1) is 7.94. The molecule has 0 saturated heterocycles. The smallest absolute Gasteiger partial charge is 0.269 e. The van der Waals surface area contributed by atoms with Gasteiger partial charge in [0.05, 0.1) is 23.0 Å². The predicted molar refractivity (Wildman–Crippen MR) is 62.5 cm³/mol. The zero-order valence-corrected chi connectivity index (χ0v) is 9.89. The highest BCUT2D eigenvalue weighted by Crippen LogP contribution is 2.12. The molecule has 0 radical (unpaired) electrons. The molecule has 0 amide bonds. The lowest BCUT2D eigenvalue weighted by atomic mass is 10.1. The van der Waals surface area contributed by atoms with Crippen molar-refractivity contribution in [3.05, 3.63) is 39.9 Å². The molecule has 0 spiro atoms. The van der Waals surface area contributed by atoms with Gasteiger partial charge < -0.3 is 5.11 Å². The van der Waals surface area contributed by atoms with Crippen LogP contribution >= 0.6 is 0 Å². The van der Waals surface area contributed by atoms with Gasteiger partial charge in [0.2, 0.25) is 0 Å². The van der Waals surface area contributed by atoms with Gasteiger partial charge in [0.15, 0.2) is 9.84 Å². The molecule has 0 fully saturated rings. The molecule has 0 atom stereocenters. The molecule has 7 heteroatoms. The number of hydrogen-bond acceptors (Lipinski definition) is 5. The van der Waals surface area contributed by atoms with Crippen molar-refractivity contribution in [3.8, 4) is 0 Å². The van der Waals surface area contributed by atoms with Gasteiger partial charge in [-0.2, -0.15) is 0 Å². The number of non-ortho nitro benzene ring substituents is 1. The molecule has 94 valence electrons. The normalized spacial score (nSPS) is 11.4. The van der Waals surface area contributed by atoms with Crippen LogP contribution < -0.4 is 0 Å². The molecule has 0 heterocycles. The number of aliphatic hydroxyl groups is 1. The summed E-state index contributed by atoms with van der Waals surface area (Å²) in [5, 5.41) is 18.9. The number of sulfone groups is 1. The topological polar surface area (TPSA) is 97.5 Å². The van der Waals surface area contributed by atoms with Crippen LogP contribution in [0.15, 0.2) is 24.3 Å². The molecule has 0 aliphatic rings. The number of nitrogens with zero attached hydrogens (tertiary/aromatic N) is 1. The largest absolute Gasteiger partial charge is 0.395 e. The number of nitro groups is 1. The molecule has 17 heavy (non-hydrogen) atoms. The summed E-state index contributed by atoms with van der Waals surface area (Å²) in [5.41, 5.74) is 0.698. The van der Waals surface area contributed by atoms with Crippen molar-refractivity contribution in [2.24, 2.45) is 0 Å². The molecule has 0 aliphatic heterocycles. The van der Waals surface area contributed by atoms with Crippen LogP contribution in [0.3, 0.4) is 0 Å². The molecule has 0 aromatic heterocycles. The van der Waals surface area contributed by atoms with E-state index in [0.717, 1.165) is 5.56 Å². The molecule has 0 saturated carbocycles. The summed E-state index contributed by atoms with van der Waals surface area (Å²) >= 11 is 0. The predicted octanol–water partition coefficient (Wildman–Crippen LogP) is 0.544. The van der Waals surface area contributed by atoms with Gasteiger partial charge in [-0.1, -0.05) is 12.1 Å². The zero-order valence-electron chi connectivity index (χ0n) is 9.07. The van der Waals surface area contributed by atoms with Crippen molar-refractivity contribution in [1.82, 2.24) is 0 Å². The molecular weight excluding hydrogens is 246 g/mol. The Bertz CT molecular complexity index is 480. The monoisotopic (exact) mass is 259 g/mol. The number of hydrogen-bond donors (Lipinski definition) is 1. The number of benzene rings is 1. The lowest BCUT2D eigenvalue weighted by Gasteiger charge is -2.02. The number of nitro benzene ring substituents is 1. The van der Waals surface area contributed by atoms with E-state index in [-0.39, 0.29) is 23.8 Å². The molecule has 0 aliphatic carbocycles. The molecule has 1 aromatic rings. The van der Waals surface area contributed by atoms with Gasteiger partial charge in [-0.05, 0) is 12.0 Å². The number of rotatable bonds is 6. The lowest BCUT2D eigenvalue weighted by Crippen LogP contribution is -2.15. The SMILES string of the molecule is O=[N+]([O-])c1ccc(CCS(=O)(=O)CCO)cc1. The van der Waals surface area contributed by atoms with E-state index in [1.807, 2.05) is 0 Å². The highest BCUT2D eigenvalue weighted by atomic mass is 32.2. The van der Waals surface area contributed by atoms with Crippen molar-refractivity contribution >= 4 is 15.5 Å². The van der Waals surface area contributed by atoms with E-state index in [2.05, 4.69) is 0 Å². The second-order valence-electron chi connectivity index (χ2n) is 3.55. The molecule has 1 N–H and O–H groups in total. The number of aliphatic hydroxyl groups excluding tert-OH is 1. The minimum Gasteiger partial charge on any atom is -0.395 e. The average molecular weight is 259 g/mol. The zero-order chi connectivity index (χ0) is 12.9. The van der Waals surface area contributed by atoms with E-state index in [0.29, 0.717) is 6.42 Å². The molecule has 1 rings (SSSR count). The van der Waals surface area contributed by atoms with Gasteiger partial charge in [-0.25, -0.2) is 8.42 Å². The van der Waals surface area contributed by atoms with E-state index in [1.54, 1.807) is 0 Å². The maximum Gasteiger partial charge on any atom is 0.269 e. The first-order valence-corrected chi connectivity index (χ1v) is 6.81. The standard InChI is InChI=1S/C10H13NO5S/c12-6-8-17(15,16)7-5-9-1-3-10(4-2-9)11(13)14/h1-4,12H,5-8H2. The summed E-state index contributed by atoms with van der Waals surface area (Å²) in [4.78, 5) is 9.89. The van der Waals surface area contributed by atoms with Crippen LogP contribution in [0, 0.1) is 10.1 Å². The third-order valence-corrected chi connectivity index (χ3v) is 3.88. The van der Waals surface area contributed by atoms with E-state index >= 15 is 0 Å². The van der Waals surface area contributed by atoms with Gasteiger partial charge >= 0.3 is 0 Å². The van der Waals surface area contributed by atoms with Gasteiger partial charge in [0.1, 0.15) is 0 Å². The summed E-state index contributed by atoms with van der Waals surface area (Å²) in [5.74, 6) is -0.314. The van der Waals surface area contributed by atoms with Crippen LogP contribution in [0.2, 0.25) is 0 Å². The second kappa shape index (κ2) is 5.74. The Labute approximate surface area is 99.0 Å².